The van der Waals surface area contributed by atoms with Crippen molar-refractivity contribution in [3.05, 3.63) is 89.7 Å². The SMILES string of the molecule is C[C@@]1(C#N)CCOc2ccc(C(=O)NCc3cc4nc(-c5ccccc5)ccc4cn3)cc21. The Bertz CT molecular complexity index is 1390. The lowest BCUT2D eigenvalue weighted by atomic mass is 9.78. The number of aromatic nitrogens is 2. The molecule has 1 aliphatic heterocycles. The second-order valence-electron chi connectivity index (χ2n) is 8.37. The third kappa shape index (κ3) is 4.01. The molecule has 0 bridgehead atoms. The molecule has 1 amide bonds. The summed E-state index contributed by atoms with van der Waals surface area (Å²) in [4.78, 5) is 22.1. The second kappa shape index (κ2) is 8.36. The van der Waals surface area contributed by atoms with Crippen molar-refractivity contribution in [3.63, 3.8) is 0 Å². The number of carbonyl (C=O) groups excluding carboxylic acids is 1. The zero-order chi connectivity index (χ0) is 22.8. The molecule has 1 N–H and O–H groups in total. The third-order valence-electron chi connectivity index (χ3n) is 6.07. The van der Waals surface area contributed by atoms with E-state index < -0.39 is 5.41 Å². The van der Waals surface area contributed by atoms with Crippen molar-refractivity contribution in [1.29, 1.82) is 5.26 Å². The minimum Gasteiger partial charge on any atom is -0.493 e. The number of rotatable bonds is 4. The first-order chi connectivity index (χ1) is 16.1. The molecule has 33 heavy (non-hydrogen) atoms. The predicted molar refractivity (Wildman–Crippen MR) is 126 cm³/mol. The van der Waals surface area contributed by atoms with E-state index in [1.54, 1.807) is 24.4 Å². The molecule has 162 valence electrons. The molecule has 1 aliphatic rings. The summed E-state index contributed by atoms with van der Waals surface area (Å²) in [5.41, 5.74) is 4.07. The van der Waals surface area contributed by atoms with Crippen LogP contribution in [0.5, 0.6) is 5.75 Å². The summed E-state index contributed by atoms with van der Waals surface area (Å²) in [5.74, 6) is 0.440. The maximum atomic E-state index is 12.8. The van der Waals surface area contributed by atoms with Crippen molar-refractivity contribution in [3.8, 4) is 23.1 Å². The molecule has 4 aromatic rings. The van der Waals surface area contributed by atoms with E-state index in [2.05, 4.69) is 16.4 Å². The number of fused-ring (bicyclic) bond motifs is 2. The van der Waals surface area contributed by atoms with Crippen LogP contribution in [-0.4, -0.2) is 22.5 Å². The van der Waals surface area contributed by atoms with Crippen LogP contribution in [0.3, 0.4) is 0 Å². The highest BCUT2D eigenvalue weighted by atomic mass is 16.5. The van der Waals surface area contributed by atoms with Gasteiger partial charge >= 0.3 is 0 Å². The molecule has 1 atom stereocenters. The lowest BCUT2D eigenvalue weighted by Gasteiger charge is -2.30. The highest BCUT2D eigenvalue weighted by Crippen LogP contribution is 2.38. The molecule has 0 spiro atoms. The standard InChI is InChI=1S/C27H22N4O2/c1-27(17-28)11-12-33-25-10-8-19(13-22(25)27)26(32)30-16-21-14-24-20(15-29-21)7-9-23(31-24)18-5-3-2-4-6-18/h2-10,13-15H,11-12,16H2,1H3,(H,30,32)/t27-/m0/s1. The quantitative estimate of drug-likeness (QED) is 0.499. The van der Waals surface area contributed by atoms with Gasteiger partial charge in [-0.05, 0) is 43.3 Å². The molecule has 6 nitrogen and oxygen atoms in total. The molecule has 0 saturated heterocycles. The van der Waals surface area contributed by atoms with Crippen LogP contribution in [0.2, 0.25) is 0 Å². The van der Waals surface area contributed by atoms with Crippen molar-refractivity contribution >= 4 is 16.8 Å². The van der Waals surface area contributed by atoms with E-state index in [-0.39, 0.29) is 12.5 Å². The van der Waals surface area contributed by atoms with Crippen LogP contribution in [0, 0.1) is 11.3 Å². The number of pyridine rings is 2. The molecular formula is C27H22N4O2. The molecule has 2 aromatic heterocycles. The number of nitrogens with zero attached hydrogens (tertiary/aromatic N) is 3. The van der Waals surface area contributed by atoms with Crippen LogP contribution < -0.4 is 10.1 Å². The third-order valence-corrected chi connectivity index (χ3v) is 6.07. The zero-order valence-electron chi connectivity index (χ0n) is 18.2. The molecular weight excluding hydrogens is 412 g/mol. The topological polar surface area (TPSA) is 87.9 Å². The van der Waals surface area contributed by atoms with Gasteiger partial charge in [-0.25, -0.2) is 4.98 Å². The number of nitrogens with one attached hydrogen (secondary N) is 1. The van der Waals surface area contributed by atoms with Crippen LogP contribution in [-0.2, 0) is 12.0 Å². The van der Waals surface area contributed by atoms with E-state index in [1.165, 1.54) is 0 Å². The number of hydrogen-bond acceptors (Lipinski definition) is 5. The average molecular weight is 434 g/mol. The Hall–Kier alpha value is -4.24. The molecule has 0 saturated carbocycles. The predicted octanol–water partition coefficient (Wildman–Crippen LogP) is 4.79. The van der Waals surface area contributed by atoms with E-state index in [0.717, 1.165) is 33.4 Å². The van der Waals surface area contributed by atoms with Crippen molar-refractivity contribution in [2.75, 3.05) is 6.61 Å². The van der Waals surface area contributed by atoms with E-state index in [9.17, 15) is 10.1 Å². The van der Waals surface area contributed by atoms with Gasteiger partial charge in [0.25, 0.3) is 5.91 Å². The van der Waals surface area contributed by atoms with Gasteiger partial charge in [-0.1, -0.05) is 30.3 Å². The Kier molecular flexibility index (Phi) is 5.23. The molecule has 6 heteroatoms. The Morgan fingerprint density at radius 1 is 1.15 bits per heavy atom. The fraction of sp³-hybridized carbons (Fsp3) is 0.185. The summed E-state index contributed by atoms with van der Waals surface area (Å²) in [5, 5.41) is 13.5. The minimum atomic E-state index is -0.661. The van der Waals surface area contributed by atoms with Crippen molar-refractivity contribution in [2.24, 2.45) is 0 Å². The van der Waals surface area contributed by atoms with Gasteiger partial charge in [-0.3, -0.25) is 9.78 Å². The second-order valence-corrected chi connectivity index (χ2v) is 8.37. The van der Waals surface area contributed by atoms with Gasteiger partial charge < -0.3 is 10.1 Å². The van der Waals surface area contributed by atoms with Crippen LogP contribution in [0.15, 0.2) is 72.9 Å². The van der Waals surface area contributed by atoms with Gasteiger partial charge in [0.05, 0.1) is 41.5 Å². The highest BCUT2D eigenvalue weighted by molar-refractivity contribution is 5.94. The molecule has 3 heterocycles. The first-order valence-electron chi connectivity index (χ1n) is 10.8. The maximum Gasteiger partial charge on any atom is 0.251 e. The number of hydrogen-bond donors (Lipinski definition) is 1. The van der Waals surface area contributed by atoms with Gasteiger partial charge in [0, 0.05) is 34.7 Å². The Balaban J connectivity index is 1.35. The van der Waals surface area contributed by atoms with Gasteiger partial charge in [0.15, 0.2) is 0 Å². The fourth-order valence-corrected chi connectivity index (χ4v) is 4.04. The number of carbonyl (C=O) groups is 1. The van der Waals surface area contributed by atoms with Gasteiger partial charge in [0.2, 0.25) is 0 Å². The minimum absolute atomic E-state index is 0.225. The van der Waals surface area contributed by atoms with Gasteiger partial charge in [0.1, 0.15) is 5.75 Å². The Morgan fingerprint density at radius 3 is 2.82 bits per heavy atom. The monoisotopic (exact) mass is 434 g/mol. The molecule has 0 unspecified atom stereocenters. The van der Waals surface area contributed by atoms with Crippen LogP contribution in [0.25, 0.3) is 22.2 Å². The molecule has 2 aromatic carbocycles. The van der Waals surface area contributed by atoms with E-state index in [0.29, 0.717) is 24.3 Å². The first kappa shape index (κ1) is 20.7. The van der Waals surface area contributed by atoms with Gasteiger partial charge in [-0.15, -0.1) is 0 Å². The molecule has 0 aliphatic carbocycles. The number of benzene rings is 2. The fourth-order valence-electron chi connectivity index (χ4n) is 4.04. The largest absolute Gasteiger partial charge is 0.493 e. The number of amides is 1. The summed E-state index contributed by atoms with van der Waals surface area (Å²) < 4.78 is 5.67. The molecule has 0 fully saturated rings. The normalized spacial score (nSPS) is 17.0. The maximum absolute atomic E-state index is 12.8. The summed E-state index contributed by atoms with van der Waals surface area (Å²) in [6, 6.07) is 23.5. The zero-order valence-corrected chi connectivity index (χ0v) is 18.2. The number of ether oxygens (including phenoxy) is 1. The van der Waals surface area contributed by atoms with E-state index in [1.807, 2.05) is 55.5 Å². The highest BCUT2D eigenvalue weighted by Gasteiger charge is 2.34. The van der Waals surface area contributed by atoms with Crippen molar-refractivity contribution in [1.82, 2.24) is 15.3 Å². The Labute approximate surface area is 191 Å². The van der Waals surface area contributed by atoms with E-state index >= 15 is 0 Å². The average Bonchev–Trinajstić information content (AvgIpc) is 2.87. The van der Waals surface area contributed by atoms with Gasteiger partial charge in [-0.2, -0.15) is 5.26 Å². The smallest absolute Gasteiger partial charge is 0.251 e. The van der Waals surface area contributed by atoms with Crippen LogP contribution in [0.1, 0.15) is 35.0 Å². The summed E-state index contributed by atoms with van der Waals surface area (Å²) in [6.45, 7) is 2.65. The van der Waals surface area contributed by atoms with Crippen LogP contribution in [0.4, 0.5) is 0 Å². The molecule has 0 radical (unpaired) electrons. The summed E-state index contributed by atoms with van der Waals surface area (Å²) >= 11 is 0. The lowest BCUT2D eigenvalue weighted by molar-refractivity contribution is 0.0950. The summed E-state index contributed by atoms with van der Waals surface area (Å²) in [7, 11) is 0. The first-order valence-corrected chi connectivity index (χ1v) is 10.8. The number of nitriles is 1. The lowest BCUT2D eigenvalue weighted by Crippen LogP contribution is -2.29. The Morgan fingerprint density at radius 2 is 2.00 bits per heavy atom. The van der Waals surface area contributed by atoms with Crippen LogP contribution >= 0.6 is 0 Å². The van der Waals surface area contributed by atoms with Crippen molar-refractivity contribution in [2.45, 2.75) is 25.3 Å². The van der Waals surface area contributed by atoms with E-state index in [4.69, 9.17) is 9.72 Å². The molecule has 5 rings (SSSR count). The summed E-state index contributed by atoms with van der Waals surface area (Å²) in [6.07, 6.45) is 2.37. The van der Waals surface area contributed by atoms with Crippen molar-refractivity contribution < 1.29 is 9.53 Å².